The number of benzene rings is 3. The molecule has 8 nitrogen and oxygen atoms in total. The van der Waals surface area contributed by atoms with Gasteiger partial charge in [-0.1, -0.05) is 72.8 Å². The van der Waals surface area contributed by atoms with Gasteiger partial charge in [-0.3, -0.25) is 9.59 Å². The number of anilines is 1. The van der Waals surface area contributed by atoms with E-state index in [9.17, 15) is 9.59 Å². The van der Waals surface area contributed by atoms with Crippen molar-refractivity contribution < 1.29 is 14.3 Å². The van der Waals surface area contributed by atoms with Crippen LogP contribution in [0, 0.1) is 0 Å². The number of carbonyl (C=O) groups is 2. The van der Waals surface area contributed by atoms with Crippen molar-refractivity contribution >= 4 is 17.8 Å². The maximum atomic E-state index is 14.4. The number of H-pyrrole nitrogens is 1. The number of carbonyl (C=O) groups excluding carboxylic acids is 2. The first-order chi connectivity index (χ1) is 18.6. The molecule has 8 heteroatoms. The van der Waals surface area contributed by atoms with Crippen LogP contribution in [0.4, 0.5) is 5.95 Å². The van der Waals surface area contributed by atoms with E-state index in [2.05, 4.69) is 15.3 Å². The quantitative estimate of drug-likeness (QED) is 0.231. The Morgan fingerprint density at radius 1 is 0.974 bits per heavy atom. The molecule has 4 rings (SSSR count). The first kappa shape index (κ1) is 26.5. The van der Waals surface area contributed by atoms with Crippen LogP contribution in [-0.2, 0) is 16.1 Å². The highest BCUT2D eigenvalue weighted by Gasteiger charge is 2.34. The van der Waals surface area contributed by atoms with Crippen molar-refractivity contribution in [3.63, 3.8) is 0 Å². The van der Waals surface area contributed by atoms with Gasteiger partial charge in [-0.15, -0.1) is 0 Å². The van der Waals surface area contributed by atoms with Gasteiger partial charge in [0.1, 0.15) is 11.8 Å². The predicted molar refractivity (Wildman–Crippen MR) is 148 cm³/mol. The van der Waals surface area contributed by atoms with Crippen molar-refractivity contribution in [2.24, 2.45) is 5.73 Å². The lowest BCUT2D eigenvalue weighted by atomic mass is 9.89. The Balaban J connectivity index is 1.65. The molecule has 1 heterocycles. The van der Waals surface area contributed by atoms with Crippen LogP contribution in [-0.4, -0.2) is 46.4 Å². The van der Waals surface area contributed by atoms with Crippen LogP contribution >= 0.6 is 0 Å². The van der Waals surface area contributed by atoms with Crippen LogP contribution in [0.3, 0.4) is 0 Å². The third-order valence-corrected chi connectivity index (χ3v) is 6.46. The lowest BCUT2D eigenvalue weighted by Crippen LogP contribution is -2.49. The molecule has 4 aromatic rings. The van der Waals surface area contributed by atoms with Crippen LogP contribution in [0.25, 0.3) is 0 Å². The number of hydrogen-bond donors (Lipinski definition) is 3. The Morgan fingerprint density at radius 3 is 2.13 bits per heavy atom. The minimum absolute atomic E-state index is 0.180. The molecule has 0 saturated carbocycles. The van der Waals surface area contributed by atoms with Gasteiger partial charge in [0.05, 0.1) is 13.0 Å². The van der Waals surface area contributed by atoms with Crippen molar-refractivity contribution in [1.29, 1.82) is 0 Å². The highest BCUT2D eigenvalue weighted by atomic mass is 16.5. The molecule has 0 saturated heterocycles. The van der Waals surface area contributed by atoms with E-state index < -0.39 is 17.9 Å². The first-order valence-electron chi connectivity index (χ1n) is 12.6. The zero-order valence-corrected chi connectivity index (χ0v) is 21.4. The number of aromatic amines is 1. The van der Waals surface area contributed by atoms with Crippen molar-refractivity contribution in [2.45, 2.75) is 31.3 Å². The van der Waals surface area contributed by atoms with Crippen molar-refractivity contribution in [3.8, 4) is 5.75 Å². The molecule has 0 aliphatic heterocycles. The number of hydrogen-bond acceptors (Lipinski definition) is 5. The number of imidazole rings is 1. The van der Waals surface area contributed by atoms with E-state index >= 15 is 0 Å². The number of rotatable bonds is 13. The van der Waals surface area contributed by atoms with Gasteiger partial charge in [0.25, 0.3) is 0 Å². The molecule has 38 heavy (non-hydrogen) atoms. The van der Waals surface area contributed by atoms with E-state index in [4.69, 9.17) is 10.5 Å². The van der Waals surface area contributed by atoms with Crippen molar-refractivity contribution in [3.05, 3.63) is 114 Å². The van der Waals surface area contributed by atoms with E-state index in [1.54, 1.807) is 24.4 Å². The van der Waals surface area contributed by atoms with E-state index in [0.717, 1.165) is 16.7 Å². The minimum Gasteiger partial charge on any atom is -0.497 e. The zero-order chi connectivity index (χ0) is 26.7. The third-order valence-electron chi connectivity index (χ3n) is 6.46. The fourth-order valence-corrected chi connectivity index (χ4v) is 4.52. The standard InChI is InChI=1S/C30H33N5O3/c1-38-25-16-14-22(15-17-25)21-35(26(28(31)36)13-8-18-32-30-33-19-20-34-30)29(37)27(23-9-4-2-5-10-23)24-11-6-3-7-12-24/h2-7,9-12,14-17,19-20,26-27H,8,13,18,21H2,1H3,(H2,31,36)(H2,32,33,34)/t26-/m1/s1. The summed E-state index contributed by atoms with van der Waals surface area (Å²) in [5, 5.41) is 3.19. The van der Waals surface area contributed by atoms with Gasteiger partial charge in [0.15, 0.2) is 5.95 Å². The van der Waals surface area contributed by atoms with Gasteiger partial charge in [0, 0.05) is 25.5 Å². The summed E-state index contributed by atoms with van der Waals surface area (Å²) in [6.07, 6.45) is 4.41. The number of methoxy groups -OCH3 is 1. The topological polar surface area (TPSA) is 113 Å². The number of nitrogens with one attached hydrogen (secondary N) is 2. The molecule has 4 N–H and O–H groups in total. The number of aromatic nitrogens is 2. The second-order valence-corrected chi connectivity index (χ2v) is 8.99. The van der Waals surface area contributed by atoms with E-state index in [1.807, 2.05) is 84.9 Å². The number of ether oxygens (including phenoxy) is 1. The minimum atomic E-state index is -0.794. The maximum absolute atomic E-state index is 14.4. The Kier molecular flexibility index (Phi) is 9.12. The van der Waals surface area contributed by atoms with E-state index in [0.29, 0.717) is 31.1 Å². The summed E-state index contributed by atoms with van der Waals surface area (Å²) in [6, 6.07) is 25.9. The normalized spacial score (nSPS) is 11.6. The Morgan fingerprint density at radius 2 is 1.61 bits per heavy atom. The summed E-state index contributed by atoms with van der Waals surface area (Å²) in [6.45, 7) is 0.806. The highest BCUT2D eigenvalue weighted by molar-refractivity contribution is 5.92. The zero-order valence-electron chi connectivity index (χ0n) is 21.4. The Labute approximate surface area is 222 Å². The summed E-state index contributed by atoms with van der Waals surface area (Å²) in [7, 11) is 1.61. The molecule has 2 amide bonds. The largest absolute Gasteiger partial charge is 0.497 e. The third kappa shape index (κ3) is 6.79. The average molecular weight is 512 g/mol. The number of primary amides is 1. The lowest BCUT2D eigenvalue weighted by molar-refractivity contribution is -0.140. The van der Waals surface area contributed by atoms with Crippen LogP contribution in [0.1, 0.15) is 35.4 Å². The molecule has 1 aromatic heterocycles. The number of amides is 2. The highest BCUT2D eigenvalue weighted by Crippen LogP contribution is 2.29. The summed E-state index contributed by atoms with van der Waals surface area (Å²) in [5.74, 6) is 0.0676. The summed E-state index contributed by atoms with van der Waals surface area (Å²) in [4.78, 5) is 36.0. The lowest BCUT2D eigenvalue weighted by Gasteiger charge is -2.33. The summed E-state index contributed by atoms with van der Waals surface area (Å²) in [5.41, 5.74) is 8.52. The van der Waals surface area contributed by atoms with Gasteiger partial charge in [-0.2, -0.15) is 0 Å². The summed E-state index contributed by atoms with van der Waals surface area (Å²) >= 11 is 0. The van der Waals surface area contributed by atoms with Crippen molar-refractivity contribution in [2.75, 3.05) is 19.0 Å². The van der Waals surface area contributed by atoms with Crippen LogP contribution in [0.5, 0.6) is 5.75 Å². The average Bonchev–Trinajstić information content (AvgIpc) is 3.47. The van der Waals surface area contributed by atoms with Crippen LogP contribution < -0.4 is 15.8 Å². The molecule has 1 atom stereocenters. The second kappa shape index (κ2) is 13.1. The molecule has 0 aliphatic rings. The molecule has 3 aromatic carbocycles. The van der Waals surface area contributed by atoms with Gasteiger partial charge < -0.3 is 25.7 Å². The monoisotopic (exact) mass is 511 g/mol. The number of nitrogens with zero attached hydrogens (tertiary/aromatic N) is 2. The van der Waals surface area contributed by atoms with Gasteiger partial charge >= 0.3 is 0 Å². The van der Waals surface area contributed by atoms with Crippen LogP contribution in [0.15, 0.2) is 97.3 Å². The molecule has 0 aliphatic carbocycles. The number of nitrogens with two attached hydrogens (primary N) is 1. The molecular weight excluding hydrogens is 478 g/mol. The van der Waals surface area contributed by atoms with E-state index in [-0.39, 0.29) is 12.5 Å². The van der Waals surface area contributed by atoms with E-state index in [1.165, 1.54) is 0 Å². The summed E-state index contributed by atoms with van der Waals surface area (Å²) < 4.78 is 5.29. The SMILES string of the molecule is COc1ccc(CN(C(=O)C(c2ccccc2)c2ccccc2)[C@H](CCCNc2ncc[nH]2)C(N)=O)cc1. The molecule has 196 valence electrons. The molecule has 0 bridgehead atoms. The molecule has 0 fully saturated rings. The fourth-order valence-electron chi connectivity index (χ4n) is 4.52. The first-order valence-corrected chi connectivity index (χ1v) is 12.6. The van der Waals surface area contributed by atoms with Crippen molar-refractivity contribution in [1.82, 2.24) is 14.9 Å². The van der Waals surface area contributed by atoms with Crippen LogP contribution in [0.2, 0.25) is 0 Å². The van der Waals surface area contributed by atoms with Gasteiger partial charge in [-0.05, 0) is 41.7 Å². The van der Waals surface area contributed by atoms with Gasteiger partial charge in [0.2, 0.25) is 11.8 Å². The second-order valence-electron chi connectivity index (χ2n) is 8.99. The maximum Gasteiger partial charge on any atom is 0.240 e. The Hall–Kier alpha value is -4.59. The smallest absolute Gasteiger partial charge is 0.240 e. The fraction of sp³-hybridized carbons (Fsp3) is 0.233. The molecular formula is C30H33N5O3. The van der Waals surface area contributed by atoms with Gasteiger partial charge in [-0.25, -0.2) is 4.98 Å². The molecule has 0 spiro atoms. The molecule has 0 radical (unpaired) electrons. The Bertz CT molecular complexity index is 1240. The molecule has 0 unspecified atom stereocenters. The predicted octanol–water partition coefficient (Wildman–Crippen LogP) is 4.33.